The van der Waals surface area contributed by atoms with Gasteiger partial charge in [0.05, 0.1) is 18.7 Å². The standard InChI is InChI=1S/C16H24ClNO3/c1-5-9-15(13(3)17)21-14(6-2)10-7-8-11-18-12-16(19)20-4/h5-6,9-10,18H,2,7-8,11-12H2,1,3-4H3/b9-5-,14-10-,15-13-. The summed E-state index contributed by atoms with van der Waals surface area (Å²) in [6.45, 7) is 8.34. The lowest BCUT2D eigenvalue weighted by atomic mass is 10.2. The number of carbonyl (C=O) groups excluding carboxylic acids is 1. The molecule has 0 bridgehead atoms. The highest BCUT2D eigenvalue weighted by Crippen LogP contribution is 2.17. The van der Waals surface area contributed by atoms with Crippen LogP contribution in [0.4, 0.5) is 0 Å². The van der Waals surface area contributed by atoms with Crippen LogP contribution in [0.5, 0.6) is 0 Å². The van der Waals surface area contributed by atoms with Crippen molar-refractivity contribution in [2.45, 2.75) is 26.7 Å². The van der Waals surface area contributed by atoms with E-state index in [-0.39, 0.29) is 12.5 Å². The highest BCUT2D eigenvalue weighted by atomic mass is 35.5. The Labute approximate surface area is 132 Å². The van der Waals surface area contributed by atoms with Gasteiger partial charge in [-0.2, -0.15) is 0 Å². The van der Waals surface area contributed by atoms with Gasteiger partial charge in [0.15, 0.2) is 0 Å². The largest absolute Gasteiger partial charge is 0.468 e. The molecule has 0 saturated heterocycles. The lowest BCUT2D eigenvalue weighted by molar-refractivity contribution is -0.139. The summed E-state index contributed by atoms with van der Waals surface area (Å²) < 4.78 is 10.2. The first-order chi connectivity index (χ1) is 10.0. The molecular weight excluding hydrogens is 290 g/mol. The Morgan fingerprint density at radius 3 is 2.67 bits per heavy atom. The molecule has 0 aromatic heterocycles. The summed E-state index contributed by atoms with van der Waals surface area (Å²) in [5, 5.41) is 3.58. The summed E-state index contributed by atoms with van der Waals surface area (Å²) in [5.41, 5.74) is 0. The normalized spacial score (nSPS) is 13.0. The molecule has 0 spiro atoms. The van der Waals surface area contributed by atoms with E-state index < -0.39 is 0 Å². The first-order valence-corrected chi connectivity index (χ1v) is 7.20. The Bertz CT molecular complexity index is 421. The number of rotatable bonds is 10. The smallest absolute Gasteiger partial charge is 0.319 e. The van der Waals surface area contributed by atoms with E-state index in [0.29, 0.717) is 16.6 Å². The maximum atomic E-state index is 10.9. The van der Waals surface area contributed by atoms with Crippen LogP contribution in [0.1, 0.15) is 26.7 Å². The van der Waals surface area contributed by atoms with Gasteiger partial charge in [-0.15, -0.1) is 0 Å². The maximum Gasteiger partial charge on any atom is 0.319 e. The second-order valence-electron chi connectivity index (χ2n) is 4.21. The van der Waals surface area contributed by atoms with E-state index in [1.807, 2.05) is 19.1 Å². The van der Waals surface area contributed by atoms with Gasteiger partial charge in [-0.25, -0.2) is 0 Å². The van der Waals surface area contributed by atoms with Crippen LogP contribution >= 0.6 is 11.6 Å². The molecule has 118 valence electrons. The van der Waals surface area contributed by atoms with Crippen LogP contribution in [0.3, 0.4) is 0 Å². The van der Waals surface area contributed by atoms with Crippen LogP contribution in [0, 0.1) is 0 Å². The van der Waals surface area contributed by atoms with Crippen molar-refractivity contribution >= 4 is 17.6 Å². The van der Waals surface area contributed by atoms with Crippen molar-refractivity contribution < 1.29 is 14.3 Å². The minimum Gasteiger partial charge on any atom is -0.468 e. The quantitative estimate of drug-likeness (QED) is 0.289. The number of allylic oxidation sites excluding steroid dienone is 5. The van der Waals surface area contributed by atoms with Crippen LogP contribution in [0.15, 0.2) is 47.4 Å². The summed E-state index contributed by atoms with van der Waals surface area (Å²) in [7, 11) is 1.37. The molecule has 0 radical (unpaired) electrons. The van der Waals surface area contributed by atoms with E-state index in [1.165, 1.54) is 7.11 Å². The average Bonchev–Trinajstić information content (AvgIpc) is 2.47. The van der Waals surface area contributed by atoms with Crippen LogP contribution in [-0.2, 0) is 14.3 Å². The fourth-order valence-electron chi connectivity index (χ4n) is 1.40. The van der Waals surface area contributed by atoms with Crippen LogP contribution < -0.4 is 5.32 Å². The average molecular weight is 314 g/mol. The summed E-state index contributed by atoms with van der Waals surface area (Å²) in [6, 6.07) is 0. The van der Waals surface area contributed by atoms with Gasteiger partial charge < -0.3 is 14.8 Å². The Balaban J connectivity index is 4.20. The molecular formula is C16H24ClNO3. The Kier molecular flexibility index (Phi) is 11.4. The predicted octanol–water partition coefficient (Wildman–Crippen LogP) is 3.66. The Hall–Kier alpha value is -1.52. The van der Waals surface area contributed by atoms with Crippen molar-refractivity contribution in [3.63, 3.8) is 0 Å². The molecule has 5 heteroatoms. The number of esters is 1. The zero-order valence-electron chi connectivity index (χ0n) is 12.9. The molecule has 0 amide bonds. The second-order valence-corrected chi connectivity index (χ2v) is 4.77. The van der Waals surface area contributed by atoms with Crippen molar-refractivity contribution in [2.24, 2.45) is 0 Å². The Morgan fingerprint density at radius 1 is 1.43 bits per heavy atom. The van der Waals surface area contributed by atoms with Gasteiger partial charge in [0.2, 0.25) is 0 Å². The number of hydrogen-bond donors (Lipinski definition) is 1. The van der Waals surface area contributed by atoms with Crippen molar-refractivity contribution in [1.29, 1.82) is 0 Å². The lowest BCUT2D eigenvalue weighted by Gasteiger charge is -2.08. The molecule has 0 rings (SSSR count). The number of methoxy groups -OCH3 is 1. The van der Waals surface area contributed by atoms with Crippen molar-refractivity contribution in [3.05, 3.63) is 47.4 Å². The molecule has 0 aliphatic rings. The maximum absolute atomic E-state index is 10.9. The lowest BCUT2D eigenvalue weighted by Crippen LogP contribution is -2.24. The van der Waals surface area contributed by atoms with Crippen molar-refractivity contribution in [2.75, 3.05) is 20.2 Å². The molecule has 0 aromatic carbocycles. The topological polar surface area (TPSA) is 47.6 Å². The van der Waals surface area contributed by atoms with E-state index in [0.717, 1.165) is 19.4 Å². The third kappa shape index (κ3) is 9.93. The summed E-state index contributed by atoms with van der Waals surface area (Å²) in [4.78, 5) is 10.9. The van der Waals surface area contributed by atoms with E-state index >= 15 is 0 Å². The summed E-state index contributed by atoms with van der Waals surface area (Å²) >= 11 is 5.96. The van der Waals surface area contributed by atoms with Gasteiger partial charge in [0.1, 0.15) is 11.5 Å². The Morgan fingerprint density at radius 2 is 2.14 bits per heavy atom. The van der Waals surface area contributed by atoms with Crippen LogP contribution in [-0.4, -0.2) is 26.2 Å². The highest BCUT2D eigenvalue weighted by Gasteiger charge is 2.01. The molecule has 0 atom stereocenters. The molecule has 0 fully saturated rings. The molecule has 0 aromatic rings. The fourth-order valence-corrected chi connectivity index (χ4v) is 1.50. The predicted molar refractivity (Wildman–Crippen MR) is 86.9 cm³/mol. The number of carbonyl (C=O) groups is 1. The van der Waals surface area contributed by atoms with E-state index in [1.54, 1.807) is 19.1 Å². The van der Waals surface area contributed by atoms with Crippen molar-refractivity contribution in [1.82, 2.24) is 5.32 Å². The molecule has 1 N–H and O–H groups in total. The van der Waals surface area contributed by atoms with Crippen molar-refractivity contribution in [3.8, 4) is 0 Å². The number of ether oxygens (including phenoxy) is 2. The van der Waals surface area contributed by atoms with E-state index in [2.05, 4.69) is 16.6 Å². The van der Waals surface area contributed by atoms with Gasteiger partial charge >= 0.3 is 5.97 Å². The first kappa shape index (κ1) is 19.5. The molecule has 0 unspecified atom stereocenters. The van der Waals surface area contributed by atoms with Gasteiger partial charge in [-0.3, -0.25) is 4.79 Å². The molecule has 0 heterocycles. The van der Waals surface area contributed by atoms with Gasteiger partial charge in [-0.1, -0.05) is 24.3 Å². The van der Waals surface area contributed by atoms with Gasteiger partial charge in [0, 0.05) is 0 Å². The van der Waals surface area contributed by atoms with Gasteiger partial charge in [0.25, 0.3) is 0 Å². The zero-order valence-corrected chi connectivity index (χ0v) is 13.7. The molecule has 0 saturated carbocycles. The number of nitrogens with one attached hydrogen (secondary N) is 1. The highest BCUT2D eigenvalue weighted by molar-refractivity contribution is 6.29. The molecule has 0 aliphatic heterocycles. The second kappa shape index (κ2) is 12.2. The SMILES string of the molecule is C=C/C(=C/CCCNCC(=O)OC)OC(/C=C\C)=C(/C)Cl. The zero-order chi connectivity index (χ0) is 16.1. The minimum atomic E-state index is -0.264. The van der Waals surface area contributed by atoms with E-state index in [9.17, 15) is 4.79 Å². The monoisotopic (exact) mass is 313 g/mol. The summed E-state index contributed by atoms with van der Waals surface area (Å²) in [5.74, 6) is 1.00. The minimum absolute atomic E-state index is 0.227. The summed E-state index contributed by atoms with van der Waals surface area (Å²) in [6.07, 6.45) is 8.93. The van der Waals surface area contributed by atoms with Crippen LogP contribution in [0.25, 0.3) is 0 Å². The molecule has 4 nitrogen and oxygen atoms in total. The third-order valence-corrected chi connectivity index (χ3v) is 2.67. The first-order valence-electron chi connectivity index (χ1n) is 6.82. The molecule has 21 heavy (non-hydrogen) atoms. The number of halogens is 1. The fraction of sp³-hybridized carbons (Fsp3) is 0.438. The third-order valence-electron chi connectivity index (χ3n) is 2.49. The van der Waals surface area contributed by atoms with Gasteiger partial charge in [-0.05, 0) is 51.5 Å². The number of hydrogen-bond acceptors (Lipinski definition) is 4. The molecule has 0 aliphatic carbocycles. The van der Waals surface area contributed by atoms with Crippen LogP contribution in [0.2, 0.25) is 0 Å². The van der Waals surface area contributed by atoms with E-state index in [4.69, 9.17) is 16.3 Å². The number of unbranched alkanes of at least 4 members (excludes halogenated alkanes) is 1.